The first-order chi connectivity index (χ1) is 7.83. The molecule has 1 heterocycles. The highest BCUT2D eigenvalue weighted by atomic mass is 32.1. The van der Waals surface area contributed by atoms with Gasteiger partial charge in [0, 0.05) is 16.8 Å². The number of allylic oxidation sites excluding steroid dienone is 1. The highest BCUT2D eigenvalue weighted by molar-refractivity contribution is 7.10. The van der Waals surface area contributed by atoms with E-state index >= 15 is 0 Å². The summed E-state index contributed by atoms with van der Waals surface area (Å²) < 4.78 is 0. The normalized spacial score (nSPS) is 21.4. The zero-order chi connectivity index (χ0) is 11.4. The molecule has 1 aliphatic rings. The third-order valence-electron chi connectivity index (χ3n) is 3.56. The lowest BCUT2D eigenvalue weighted by molar-refractivity contribution is 0.437. The van der Waals surface area contributed by atoms with E-state index in [2.05, 4.69) is 18.0 Å². The van der Waals surface area contributed by atoms with E-state index in [0.717, 1.165) is 12.8 Å². The molecule has 0 aliphatic heterocycles. The van der Waals surface area contributed by atoms with E-state index in [1.54, 1.807) is 10.4 Å². The number of aryl methyl sites for hydroxylation is 1. The summed E-state index contributed by atoms with van der Waals surface area (Å²) in [6, 6.07) is 2.63. The molecule has 2 N–H and O–H groups in total. The van der Waals surface area contributed by atoms with Crippen LogP contribution in [0.25, 0.3) is 0 Å². The maximum Gasteiger partial charge on any atom is 0.0108 e. The molecule has 0 aromatic carbocycles. The molecule has 16 heavy (non-hydrogen) atoms. The van der Waals surface area contributed by atoms with Gasteiger partial charge in [0.05, 0.1) is 0 Å². The largest absolute Gasteiger partial charge is 0.327 e. The number of unbranched alkanes of at least 4 members (excludes halogenated alkanes) is 1. The monoisotopic (exact) mass is 235 g/mol. The maximum absolute atomic E-state index is 6.33. The molecule has 2 unspecified atom stereocenters. The number of fused-ring (bicyclic) bond motifs is 1. The lowest BCUT2D eigenvalue weighted by atomic mass is 9.81. The number of rotatable bonds is 5. The van der Waals surface area contributed by atoms with Crippen LogP contribution in [0.2, 0.25) is 0 Å². The van der Waals surface area contributed by atoms with Gasteiger partial charge < -0.3 is 5.73 Å². The van der Waals surface area contributed by atoms with Crippen molar-refractivity contribution in [1.82, 2.24) is 0 Å². The van der Waals surface area contributed by atoms with Gasteiger partial charge in [-0.25, -0.2) is 0 Å². The van der Waals surface area contributed by atoms with Crippen LogP contribution in [0.1, 0.15) is 48.5 Å². The summed E-state index contributed by atoms with van der Waals surface area (Å²) in [4.78, 5) is 1.58. The van der Waals surface area contributed by atoms with Crippen molar-refractivity contribution in [2.75, 3.05) is 0 Å². The lowest BCUT2D eigenvalue weighted by Crippen LogP contribution is -2.30. The van der Waals surface area contributed by atoms with Gasteiger partial charge in [-0.15, -0.1) is 17.9 Å². The van der Waals surface area contributed by atoms with Crippen LogP contribution in [0.4, 0.5) is 0 Å². The fraction of sp³-hybridized carbons (Fsp3) is 0.571. The molecule has 0 bridgehead atoms. The lowest BCUT2D eigenvalue weighted by Gasteiger charge is -2.28. The van der Waals surface area contributed by atoms with E-state index in [9.17, 15) is 0 Å². The molecule has 0 saturated heterocycles. The van der Waals surface area contributed by atoms with Gasteiger partial charge in [0.25, 0.3) is 0 Å². The number of thiophene rings is 1. The average molecular weight is 235 g/mol. The zero-order valence-corrected chi connectivity index (χ0v) is 10.6. The van der Waals surface area contributed by atoms with Crippen LogP contribution in [-0.2, 0) is 6.42 Å². The van der Waals surface area contributed by atoms with E-state index in [1.807, 2.05) is 17.4 Å². The Morgan fingerprint density at radius 1 is 1.62 bits per heavy atom. The van der Waals surface area contributed by atoms with Crippen molar-refractivity contribution in [3.05, 3.63) is 34.5 Å². The second-order valence-corrected chi connectivity index (χ2v) is 5.68. The number of hydrogen-bond donors (Lipinski definition) is 1. The van der Waals surface area contributed by atoms with Gasteiger partial charge in [-0.3, -0.25) is 0 Å². The molecule has 1 aliphatic carbocycles. The van der Waals surface area contributed by atoms with Crippen LogP contribution in [0.15, 0.2) is 24.1 Å². The zero-order valence-electron chi connectivity index (χ0n) is 9.82. The molecule has 0 saturated carbocycles. The van der Waals surface area contributed by atoms with Gasteiger partial charge in [0.1, 0.15) is 0 Å². The van der Waals surface area contributed by atoms with Crippen molar-refractivity contribution in [1.29, 1.82) is 0 Å². The number of nitrogens with two attached hydrogens (primary N) is 1. The van der Waals surface area contributed by atoms with E-state index < -0.39 is 0 Å². The van der Waals surface area contributed by atoms with Gasteiger partial charge in [-0.1, -0.05) is 6.08 Å². The molecule has 1 nitrogen and oxygen atoms in total. The van der Waals surface area contributed by atoms with Gasteiger partial charge in [0.2, 0.25) is 0 Å². The molecule has 1 aromatic heterocycles. The minimum absolute atomic E-state index is 0.341. The van der Waals surface area contributed by atoms with Crippen LogP contribution in [0.5, 0.6) is 0 Å². The average Bonchev–Trinajstić information content (AvgIpc) is 2.76. The van der Waals surface area contributed by atoms with Crippen molar-refractivity contribution < 1.29 is 0 Å². The Bertz CT molecular complexity index is 342. The Hall–Kier alpha value is -0.600. The predicted octanol–water partition coefficient (Wildman–Crippen LogP) is 3.85. The Kier molecular flexibility index (Phi) is 4.19. The molecule has 0 amide bonds. The second kappa shape index (κ2) is 5.65. The Morgan fingerprint density at radius 3 is 3.31 bits per heavy atom. The fourth-order valence-electron chi connectivity index (χ4n) is 2.67. The maximum atomic E-state index is 6.33. The van der Waals surface area contributed by atoms with Gasteiger partial charge >= 0.3 is 0 Å². The smallest absolute Gasteiger partial charge is 0.0108 e. The van der Waals surface area contributed by atoms with E-state index in [1.165, 1.54) is 25.7 Å². The molecule has 1 aromatic rings. The van der Waals surface area contributed by atoms with Gasteiger partial charge in [-0.2, -0.15) is 0 Å². The summed E-state index contributed by atoms with van der Waals surface area (Å²) in [6.45, 7) is 3.76. The molecule has 0 spiro atoms. The topological polar surface area (TPSA) is 26.0 Å². The van der Waals surface area contributed by atoms with Crippen molar-refractivity contribution in [3.63, 3.8) is 0 Å². The summed E-state index contributed by atoms with van der Waals surface area (Å²) in [5.74, 6) is 0.611. The van der Waals surface area contributed by atoms with Crippen LogP contribution in [-0.4, -0.2) is 6.04 Å². The van der Waals surface area contributed by atoms with Gasteiger partial charge in [-0.05, 0) is 55.5 Å². The summed E-state index contributed by atoms with van der Waals surface area (Å²) in [7, 11) is 0. The predicted molar refractivity (Wildman–Crippen MR) is 72.0 cm³/mol. The summed E-state index contributed by atoms with van der Waals surface area (Å²) in [5.41, 5.74) is 7.88. The quantitative estimate of drug-likeness (QED) is 0.609. The van der Waals surface area contributed by atoms with Crippen molar-refractivity contribution in [2.24, 2.45) is 5.73 Å². The van der Waals surface area contributed by atoms with Crippen LogP contribution >= 0.6 is 11.3 Å². The van der Waals surface area contributed by atoms with Gasteiger partial charge in [0.15, 0.2) is 0 Å². The van der Waals surface area contributed by atoms with Crippen molar-refractivity contribution in [2.45, 2.75) is 50.5 Å². The molecule has 2 atom stereocenters. The molecule has 2 rings (SSSR count). The Morgan fingerprint density at radius 2 is 2.50 bits per heavy atom. The third-order valence-corrected chi connectivity index (χ3v) is 4.56. The van der Waals surface area contributed by atoms with Crippen LogP contribution in [0, 0.1) is 0 Å². The van der Waals surface area contributed by atoms with E-state index in [0.29, 0.717) is 12.0 Å². The van der Waals surface area contributed by atoms with Crippen molar-refractivity contribution in [3.8, 4) is 0 Å². The highest BCUT2D eigenvalue weighted by Crippen LogP contribution is 2.37. The minimum Gasteiger partial charge on any atom is -0.327 e. The summed E-state index contributed by atoms with van der Waals surface area (Å²) >= 11 is 1.90. The molecule has 2 heteroatoms. The molecular formula is C14H21NS. The second-order valence-electron chi connectivity index (χ2n) is 4.68. The molecule has 0 radical (unpaired) electrons. The first-order valence-electron chi connectivity index (χ1n) is 6.25. The molecule has 0 fully saturated rings. The standard InChI is InChI=1S/C14H21NS/c1-2-3-4-7-13(15)11-6-5-8-14-12(11)9-10-16-14/h2,9-11,13H,1,3-8,15H2. The summed E-state index contributed by atoms with van der Waals surface area (Å²) in [6.07, 6.45) is 9.25. The third kappa shape index (κ3) is 2.55. The first-order valence-corrected chi connectivity index (χ1v) is 7.13. The molecule has 88 valence electrons. The van der Waals surface area contributed by atoms with Crippen LogP contribution in [0.3, 0.4) is 0 Å². The molecular weight excluding hydrogens is 214 g/mol. The minimum atomic E-state index is 0.341. The first kappa shape index (κ1) is 11.9. The van der Waals surface area contributed by atoms with E-state index in [4.69, 9.17) is 5.73 Å². The Labute approximate surface area is 102 Å². The van der Waals surface area contributed by atoms with Crippen LogP contribution < -0.4 is 5.73 Å². The SMILES string of the molecule is C=CCCCC(N)C1CCCc2sccc21. The number of hydrogen-bond acceptors (Lipinski definition) is 2. The highest BCUT2D eigenvalue weighted by Gasteiger charge is 2.25. The van der Waals surface area contributed by atoms with Crippen molar-refractivity contribution >= 4 is 11.3 Å². The van der Waals surface area contributed by atoms with E-state index in [-0.39, 0.29) is 0 Å². The summed E-state index contributed by atoms with van der Waals surface area (Å²) in [5, 5.41) is 2.22. The fourth-order valence-corrected chi connectivity index (χ4v) is 3.66. The Balaban J connectivity index is 1.97.